The van der Waals surface area contributed by atoms with Gasteiger partial charge >= 0.3 is 0 Å². The molecule has 1 atom stereocenters. The Morgan fingerprint density at radius 2 is 1.94 bits per heavy atom. The lowest BCUT2D eigenvalue weighted by molar-refractivity contribution is 0.0971. The lowest BCUT2D eigenvalue weighted by atomic mass is 9.72. The van der Waals surface area contributed by atoms with Crippen LogP contribution in [0.2, 0.25) is 0 Å². The zero-order valence-corrected chi connectivity index (χ0v) is 17.0. The van der Waals surface area contributed by atoms with E-state index in [-0.39, 0.29) is 12.4 Å². The van der Waals surface area contributed by atoms with E-state index in [2.05, 4.69) is 16.4 Å². The normalized spacial score (nSPS) is 18.5. The number of ketones is 1. The predicted octanol–water partition coefficient (Wildman–Crippen LogP) is 3.50. The molecule has 3 heterocycles. The topological polar surface area (TPSA) is 97.5 Å². The third kappa shape index (κ3) is 3.25. The summed E-state index contributed by atoms with van der Waals surface area (Å²) >= 11 is 0. The lowest BCUT2D eigenvalue weighted by Gasteiger charge is -2.36. The fraction of sp³-hybridized carbons (Fsp3) is 0.200. The van der Waals surface area contributed by atoms with Gasteiger partial charge < -0.3 is 20.9 Å². The van der Waals surface area contributed by atoms with Gasteiger partial charge in [-0.1, -0.05) is 12.1 Å². The van der Waals surface area contributed by atoms with Gasteiger partial charge in [0.05, 0.1) is 11.2 Å². The Labute approximate surface area is 180 Å². The van der Waals surface area contributed by atoms with Gasteiger partial charge in [-0.25, -0.2) is 0 Å². The Morgan fingerprint density at radius 3 is 2.65 bits per heavy atom. The monoisotopic (exact) mass is 413 g/mol. The van der Waals surface area contributed by atoms with Crippen LogP contribution >= 0.6 is 0 Å². The highest BCUT2D eigenvalue weighted by molar-refractivity contribution is 5.96. The minimum Gasteiger partial charge on any atom is -0.457 e. The molecule has 0 radical (unpaired) electrons. The highest BCUT2D eigenvalue weighted by Crippen LogP contribution is 2.51. The van der Waals surface area contributed by atoms with Crippen molar-refractivity contribution in [3.63, 3.8) is 0 Å². The molecule has 0 unspecified atom stereocenters. The van der Waals surface area contributed by atoms with Gasteiger partial charge in [-0.15, -0.1) is 0 Å². The van der Waals surface area contributed by atoms with Crippen molar-refractivity contribution in [3.8, 4) is 22.6 Å². The minimum atomic E-state index is -0.543. The van der Waals surface area contributed by atoms with Crippen LogP contribution in [0.3, 0.4) is 0 Å². The zero-order valence-electron chi connectivity index (χ0n) is 17.0. The summed E-state index contributed by atoms with van der Waals surface area (Å²) < 4.78 is 6.24. The molecule has 0 saturated carbocycles. The fourth-order valence-electron chi connectivity index (χ4n) is 4.42. The summed E-state index contributed by atoms with van der Waals surface area (Å²) in [5.41, 5.74) is 10.2. The third-order valence-corrected chi connectivity index (χ3v) is 5.99. The number of nitrogens with zero attached hydrogens (tertiary/aromatic N) is 1. The molecule has 1 spiro atoms. The Hall–Kier alpha value is -3.64. The van der Waals surface area contributed by atoms with Crippen LogP contribution in [0.4, 0.5) is 0 Å². The van der Waals surface area contributed by atoms with Crippen molar-refractivity contribution in [1.29, 1.82) is 0 Å². The number of fused-ring (bicyclic) bond motifs is 4. The van der Waals surface area contributed by atoms with Crippen molar-refractivity contribution in [2.75, 3.05) is 13.2 Å². The molecular formula is C25H23N3O3. The standard InChI is InChI=1S/C25H23N3O3/c26-24-13-25(15-28-24)19-11-16(18-3-1-9-27-14-18)5-7-22(19)31-23-8-6-17(12-20(23)25)21(30)4-2-10-29/h1,3,5-9,11-14,28-29H,2,4,10,15,26H2/t25-/m0/s1. The number of Topliss-reactive ketones (excluding diaryl/α,β-unsaturated/α-hetero) is 1. The molecule has 2 aliphatic heterocycles. The minimum absolute atomic E-state index is 0.00256. The van der Waals surface area contributed by atoms with E-state index in [1.165, 1.54) is 0 Å². The lowest BCUT2D eigenvalue weighted by Crippen LogP contribution is -2.34. The molecule has 5 rings (SSSR count). The molecule has 2 aromatic carbocycles. The highest BCUT2D eigenvalue weighted by atomic mass is 16.5. The SMILES string of the molecule is NC1=C[C@@]2(CN1)c1cc(C(=O)CCCO)ccc1Oc1ccc(-c3cccnc3)cc12. The summed E-state index contributed by atoms with van der Waals surface area (Å²) in [5, 5.41) is 12.3. The number of aromatic nitrogens is 1. The summed E-state index contributed by atoms with van der Waals surface area (Å²) in [5.74, 6) is 2.09. The predicted molar refractivity (Wildman–Crippen MR) is 118 cm³/mol. The summed E-state index contributed by atoms with van der Waals surface area (Å²) in [7, 11) is 0. The maximum Gasteiger partial charge on any atom is 0.162 e. The number of nitrogens with one attached hydrogen (secondary N) is 1. The van der Waals surface area contributed by atoms with Crippen LogP contribution in [0.5, 0.6) is 11.5 Å². The van der Waals surface area contributed by atoms with Crippen molar-refractivity contribution in [2.45, 2.75) is 18.3 Å². The van der Waals surface area contributed by atoms with Crippen LogP contribution < -0.4 is 15.8 Å². The fourth-order valence-corrected chi connectivity index (χ4v) is 4.42. The van der Waals surface area contributed by atoms with Crippen LogP contribution in [-0.4, -0.2) is 29.0 Å². The molecule has 156 valence electrons. The second-order valence-electron chi connectivity index (χ2n) is 7.94. The van der Waals surface area contributed by atoms with E-state index in [0.29, 0.717) is 36.5 Å². The molecule has 1 aromatic heterocycles. The average Bonchev–Trinajstić information content (AvgIpc) is 3.20. The average molecular weight is 413 g/mol. The van der Waals surface area contributed by atoms with E-state index in [1.54, 1.807) is 12.3 Å². The van der Waals surface area contributed by atoms with E-state index in [4.69, 9.17) is 15.6 Å². The number of hydrogen-bond donors (Lipinski definition) is 3. The maximum absolute atomic E-state index is 12.6. The van der Waals surface area contributed by atoms with Crippen LogP contribution in [-0.2, 0) is 5.41 Å². The molecule has 6 nitrogen and oxygen atoms in total. The number of carbonyl (C=O) groups is 1. The van der Waals surface area contributed by atoms with E-state index in [9.17, 15) is 4.79 Å². The van der Waals surface area contributed by atoms with Gasteiger partial charge in [-0.2, -0.15) is 0 Å². The summed E-state index contributed by atoms with van der Waals surface area (Å²) in [4.78, 5) is 16.9. The maximum atomic E-state index is 12.6. The molecule has 6 heteroatoms. The Kier molecular flexibility index (Phi) is 4.71. The number of aliphatic hydroxyl groups excluding tert-OH is 1. The van der Waals surface area contributed by atoms with Gasteiger partial charge in [-0.05, 0) is 54.5 Å². The number of aliphatic hydroxyl groups is 1. The van der Waals surface area contributed by atoms with Crippen LogP contribution in [0.1, 0.15) is 34.3 Å². The molecule has 0 bridgehead atoms. The third-order valence-electron chi connectivity index (χ3n) is 5.99. The van der Waals surface area contributed by atoms with Crippen LogP contribution in [0.15, 0.2) is 72.8 Å². The number of ether oxygens (including phenoxy) is 1. The summed E-state index contributed by atoms with van der Waals surface area (Å²) in [6, 6.07) is 15.6. The Balaban J connectivity index is 1.65. The first-order chi connectivity index (χ1) is 15.1. The van der Waals surface area contributed by atoms with Gasteiger partial charge in [0, 0.05) is 54.2 Å². The van der Waals surface area contributed by atoms with E-state index in [0.717, 1.165) is 28.0 Å². The smallest absolute Gasteiger partial charge is 0.162 e. The number of hydrogen-bond acceptors (Lipinski definition) is 6. The van der Waals surface area contributed by atoms with E-state index in [1.807, 2.05) is 48.7 Å². The number of nitrogens with two attached hydrogens (primary N) is 1. The second kappa shape index (κ2) is 7.56. The first kappa shape index (κ1) is 19.3. The van der Waals surface area contributed by atoms with Gasteiger partial charge in [-0.3, -0.25) is 9.78 Å². The quantitative estimate of drug-likeness (QED) is 0.554. The number of benzene rings is 2. The van der Waals surface area contributed by atoms with Crippen molar-refractivity contribution < 1.29 is 14.6 Å². The van der Waals surface area contributed by atoms with Crippen molar-refractivity contribution in [2.24, 2.45) is 5.73 Å². The van der Waals surface area contributed by atoms with Gasteiger partial charge in [0.2, 0.25) is 0 Å². The molecule has 0 fully saturated rings. The zero-order chi connectivity index (χ0) is 21.4. The molecule has 31 heavy (non-hydrogen) atoms. The molecule has 0 amide bonds. The second-order valence-corrected chi connectivity index (χ2v) is 7.94. The molecule has 3 aromatic rings. The highest BCUT2D eigenvalue weighted by Gasteiger charge is 2.44. The van der Waals surface area contributed by atoms with E-state index < -0.39 is 5.41 Å². The number of pyridine rings is 1. The first-order valence-corrected chi connectivity index (χ1v) is 10.3. The van der Waals surface area contributed by atoms with Crippen molar-refractivity contribution in [1.82, 2.24) is 10.3 Å². The Morgan fingerprint density at radius 1 is 1.13 bits per heavy atom. The molecule has 0 aliphatic carbocycles. The van der Waals surface area contributed by atoms with Crippen LogP contribution in [0.25, 0.3) is 11.1 Å². The Bertz CT molecular complexity index is 1190. The van der Waals surface area contributed by atoms with Gasteiger partial charge in [0.15, 0.2) is 5.78 Å². The molecular weight excluding hydrogens is 390 g/mol. The van der Waals surface area contributed by atoms with Crippen molar-refractivity contribution >= 4 is 5.78 Å². The molecule has 2 aliphatic rings. The number of carbonyl (C=O) groups excluding carboxylic acids is 1. The summed E-state index contributed by atoms with van der Waals surface area (Å²) in [6.45, 7) is 0.574. The first-order valence-electron chi connectivity index (χ1n) is 10.3. The largest absolute Gasteiger partial charge is 0.457 e. The van der Waals surface area contributed by atoms with Gasteiger partial charge in [0.25, 0.3) is 0 Å². The van der Waals surface area contributed by atoms with E-state index >= 15 is 0 Å². The molecule has 4 N–H and O–H groups in total. The summed E-state index contributed by atoms with van der Waals surface area (Å²) in [6.07, 6.45) is 6.36. The van der Waals surface area contributed by atoms with Crippen molar-refractivity contribution in [3.05, 3.63) is 89.5 Å². The van der Waals surface area contributed by atoms with Gasteiger partial charge in [0.1, 0.15) is 11.5 Å². The molecule has 0 saturated heterocycles. The number of rotatable bonds is 5. The van der Waals surface area contributed by atoms with Crippen LogP contribution in [0, 0.1) is 0 Å².